The summed E-state index contributed by atoms with van der Waals surface area (Å²) in [5, 5.41) is 9.16. The number of carbonyl (C=O) groups excluding carboxylic acids is 2. The van der Waals surface area contributed by atoms with Crippen molar-refractivity contribution in [2.45, 2.75) is 22.2 Å². The lowest BCUT2D eigenvalue weighted by Gasteiger charge is -2.32. The lowest BCUT2D eigenvalue weighted by molar-refractivity contribution is -0.121. The van der Waals surface area contributed by atoms with Gasteiger partial charge in [-0.2, -0.15) is 0 Å². The standard InChI is InChI=1S/C34H19ClF2N4O4S2/c35-24-7-3-1-5-19(24)17-46-33-39-38-32(47-33)41-30(43)29-27(28(42)22-15-21(37)13-14-26(22)45-29)34(41)23-6-2-4-8-25(23)40(31(34)44)16-18-9-11-20(36)12-10-18/h1-15H,16-17H2. The fourth-order valence-electron chi connectivity index (χ4n) is 6.17. The molecule has 0 saturated carbocycles. The van der Waals surface area contributed by atoms with Crippen LogP contribution in [0.1, 0.15) is 32.8 Å². The Morgan fingerprint density at radius 1 is 0.894 bits per heavy atom. The molecule has 13 heteroatoms. The van der Waals surface area contributed by atoms with Crippen molar-refractivity contribution in [3.63, 3.8) is 0 Å². The molecule has 1 unspecified atom stereocenters. The van der Waals surface area contributed by atoms with Crippen molar-refractivity contribution in [3.8, 4) is 0 Å². The number of halogens is 3. The van der Waals surface area contributed by atoms with E-state index in [9.17, 15) is 23.2 Å². The van der Waals surface area contributed by atoms with Crippen LogP contribution in [0.15, 0.2) is 105 Å². The van der Waals surface area contributed by atoms with Gasteiger partial charge in [0.2, 0.25) is 10.9 Å². The van der Waals surface area contributed by atoms with E-state index in [-0.39, 0.29) is 34.0 Å². The number of aromatic nitrogens is 2. The number of amides is 2. The molecule has 0 fully saturated rings. The van der Waals surface area contributed by atoms with Gasteiger partial charge < -0.3 is 9.32 Å². The number of benzene rings is 4. The van der Waals surface area contributed by atoms with Crippen molar-refractivity contribution in [1.82, 2.24) is 10.2 Å². The van der Waals surface area contributed by atoms with Crippen LogP contribution in [0.2, 0.25) is 5.02 Å². The molecule has 0 N–H and O–H groups in total. The molecule has 0 radical (unpaired) electrons. The van der Waals surface area contributed by atoms with Crippen LogP contribution in [0, 0.1) is 11.6 Å². The minimum Gasteiger partial charge on any atom is -0.450 e. The molecule has 1 atom stereocenters. The Labute approximate surface area is 278 Å². The van der Waals surface area contributed by atoms with Gasteiger partial charge in [-0.15, -0.1) is 10.2 Å². The average Bonchev–Trinajstić information content (AvgIpc) is 3.71. The quantitative estimate of drug-likeness (QED) is 0.134. The molecule has 6 aromatic rings. The summed E-state index contributed by atoms with van der Waals surface area (Å²) in [6.45, 7) is 0.0117. The first-order chi connectivity index (χ1) is 22.8. The van der Waals surface area contributed by atoms with Gasteiger partial charge >= 0.3 is 0 Å². The highest BCUT2D eigenvalue weighted by molar-refractivity contribution is 8.00. The third kappa shape index (κ3) is 4.50. The normalized spacial score (nSPS) is 16.8. The Morgan fingerprint density at radius 2 is 1.64 bits per heavy atom. The van der Waals surface area contributed by atoms with Crippen molar-refractivity contribution < 1.29 is 22.8 Å². The molecular formula is C34H19ClF2N4O4S2. The Hall–Kier alpha value is -4.91. The summed E-state index contributed by atoms with van der Waals surface area (Å²) in [5.41, 5.74) is -0.746. The third-order valence-electron chi connectivity index (χ3n) is 8.24. The molecule has 0 saturated heterocycles. The number of rotatable bonds is 6. The molecule has 4 aromatic carbocycles. The van der Waals surface area contributed by atoms with Crippen LogP contribution in [0.25, 0.3) is 11.0 Å². The average molecular weight is 685 g/mol. The molecule has 232 valence electrons. The highest BCUT2D eigenvalue weighted by Gasteiger charge is 2.66. The Balaban J connectivity index is 1.32. The zero-order valence-electron chi connectivity index (χ0n) is 23.9. The predicted octanol–water partition coefficient (Wildman–Crippen LogP) is 7.32. The van der Waals surface area contributed by atoms with Gasteiger partial charge in [0.15, 0.2) is 15.3 Å². The number of hydrogen-bond donors (Lipinski definition) is 0. The molecule has 8 nitrogen and oxygen atoms in total. The Bertz CT molecular complexity index is 2330. The molecule has 0 bridgehead atoms. The number of hydrogen-bond acceptors (Lipinski definition) is 8. The fraction of sp³-hybridized carbons (Fsp3) is 0.0882. The minimum atomic E-state index is -2.05. The second-order valence-electron chi connectivity index (χ2n) is 10.9. The predicted molar refractivity (Wildman–Crippen MR) is 175 cm³/mol. The van der Waals surface area contributed by atoms with E-state index in [1.807, 2.05) is 18.2 Å². The van der Waals surface area contributed by atoms with Gasteiger partial charge in [0, 0.05) is 16.3 Å². The van der Waals surface area contributed by atoms with Crippen LogP contribution in [0.5, 0.6) is 0 Å². The third-order valence-corrected chi connectivity index (χ3v) is 10.7. The largest absolute Gasteiger partial charge is 0.450 e. The van der Waals surface area contributed by atoms with Gasteiger partial charge in [-0.25, -0.2) is 8.78 Å². The molecule has 47 heavy (non-hydrogen) atoms. The van der Waals surface area contributed by atoms with E-state index in [0.29, 0.717) is 31.9 Å². The molecule has 0 aliphatic carbocycles. The first-order valence-electron chi connectivity index (χ1n) is 14.2. The number of carbonyl (C=O) groups is 2. The molecule has 2 aromatic heterocycles. The monoisotopic (exact) mass is 684 g/mol. The fourth-order valence-corrected chi connectivity index (χ4v) is 8.35. The highest BCUT2D eigenvalue weighted by atomic mass is 35.5. The molecule has 2 aliphatic heterocycles. The molecule has 4 heterocycles. The van der Waals surface area contributed by atoms with Crippen molar-refractivity contribution in [2.24, 2.45) is 0 Å². The van der Waals surface area contributed by atoms with Gasteiger partial charge in [0.1, 0.15) is 17.2 Å². The van der Waals surface area contributed by atoms with E-state index in [1.165, 1.54) is 39.8 Å². The van der Waals surface area contributed by atoms with Crippen LogP contribution in [0.4, 0.5) is 19.6 Å². The molecule has 2 amide bonds. The summed E-state index contributed by atoms with van der Waals surface area (Å²) in [7, 11) is 0. The first kappa shape index (κ1) is 29.5. The molecule has 2 aliphatic rings. The first-order valence-corrected chi connectivity index (χ1v) is 16.4. The van der Waals surface area contributed by atoms with Crippen LogP contribution in [-0.4, -0.2) is 22.0 Å². The summed E-state index contributed by atoms with van der Waals surface area (Å²) in [5.74, 6) is -2.39. The summed E-state index contributed by atoms with van der Waals surface area (Å²) in [6.07, 6.45) is 0. The molecular weight excluding hydrogens is 666 g/mol. The van der Waals surface area contributed by atoms with E-state index >= 15 is 0 Å². The minimum absolute atomic E-state index is 0.00403. The zero-order valence-corrected chi connectivity index (χ0v) is 26.3. The number of fused-ring (bicyclic) bond motifs is 5. The van der Waals surface area contributed by atoms with Crippen LogP contribution < -0.4 is 15.2 Å². The second kappa shape index (κ2) is 11.1. The maximum atomic E-state index is 15.0. The number of para-hydroxylation sites is 1. The van der Waals surface area contributed by atoms with E-state index in [1.54, 1.807) is 42.5 Å². The maximum Gasteiger partial charge on any atom is 0.297 e. The second-order valence-corrected chi connectivity index (χ2v) is 13.5. The molecule has 1 spiro atoms. The summed E-state index contributed by atoms with van der Waals surface area (Å²) < 4.78 is 34.7. The maximum absolute atomic E-state index is 15.0. The van der Waals surface area contributed by atoms with Gasteiger partial charge in [0.05, 0.1) is 23.2 Å². The summed E-state index contributed by atoms with van der Waals surface area (Å²) in [6, 6.07) is 23.3. The Kier molecular flexibility index (Phi) is 6.97. The van der Waals surface area contributed by atoms with Crippen molar-refractivity contribution in [2.75, 3.05) is 9.80 Å². The topological polar surface area (TPSA) is 96.6 Å². The Morgan fingerprint density at radius 3 is 2.45 bits per heavy atom. The van der Waals surface area contributed by atoms with Crippen molar-refractivity contribution in [1.29, 1.82) is 0 Å². The summed E-state index contributed by atoms with van der Waals surface area (Å²) in [4.78, 5) is 46.4. The summed E-state index contributed by atoms with van der Waals surface area (Å²) >= 11 is 8.76. The van der Waals surface area contributed by atoms with E-state index in [2.05, 4.69) is 10.2 Å². The van der Waals surface area contributed by atoms with E-state index in [4.69, 9.17) is 16.0 Å². The number of anilines is 2. The van der Waals surface area contributed by atoms with Gasteiger partial charge in [-0.3, -0.25) is 19.3 Å². The smallest absolute Gasteiger partial charge is 0.297 e. The SMILES string of the molecule is O=C1c2oc3ccc(F)cc3c(=O)c2C2(C(=O)N(Cc3ccc(F)cc3)c3ccccc32)N1c1nnc(SCc2ccccc2Cl)s1. The van der Waals surface area contributed by atoms with Crippen LogP contribution >= 0.6 is 34.7 Å². The van der Waals surface area contributed by atoms with Gasteiger partial charge in [-0.05, 0) is 53.6 Å². The molecule has 8 rings (SSSR count). The number of nitrogens with zero attached hydrogens (tertiary/aromatic N) is 4. The zero-order chi connectivity index (χ0) is 32.4. The number of thioether (sulfide) groups is 1. The lowest BCUT2D eigenvalue weighted by atomic mass is 9.84. The van der Waals surface area contributed by atoms with Crippen molar-refractivity contribution >= 4 is 68.3 Å². The van der Waals surface area contributed by atoms with E-state index < -0.39 is 34.4 Å². The van der Waals surface area contributed by atoms with Crippen molar-refractivity contribution in [3.05, 3.63) is 146 Å². The van der Waals surface area contributed by atoms with E-state index in [0.717, 1.165) is 29.0 Å². The van der Waals surface area contributed by atoms with Gasteiger partial charge in [0.25, 0.3) is 11.8 Å². The van der Waals surface area contributed by atoms with Crippen LogP contribution in [0.3, 0.4) is 0 Å². The van der Waals surface area contributed by atoms with Gasteiger partial charge in [-0.1, -0.05) is 83.2 Å². The lowest BCUT2D eigenvalue weighted by Crippen LogP contribution is -2.53. The van der Waals surface area contributed by atoms with Crippen LogP contribution in [-0.2, 0) is 22.6 Å². The highest BCUT2D eigenvalue weighted by Crippen LogP contribution is 2.55.